The van der Waals surface area contributed by atoms with Crippen molar-refractivity contribution in [2.45, 2.75) is 52.9 Å². The molecule has 4 heterocycles. The van der Waals surface area contributed by atoms with Crippen molar-refractivity contribution < 1.29 is 18.8 Å². The number of esters is 1. The Hall–Kier alpha value is -3.49. The van der Waals surface area contributed by atoms with E-state index in [1.54, 1.807) is 19.2 Å². The lowest BCUT2D eigenvalue weighted by Crippen LogP contribution is -2.49. The number of nitrogens with zero attached hydrogens (tertiary/aromatic N) is 5. The van der Waals surface area contributed by atoms with Gasteiger partial charge in [-0.3, -0.25) is 4.79 Å². The molecule has 190 valence electrons. The number of carbonyl (C=O) groups is 2. The second kappa shape index (κ2) is 9.52. The summed E-state index contributed by atoms with van der Waals surface area (Å²) in [7, 11) is 0. The Morgan fingerprint density at radius 2 is 1.89 bits per heavy atom. The van der Waals surface area contributed by atoms with Crippen LogP contribution in [0.5, 0.6) is 0 Å². The van der Waals surface area contributed by atoms with E-state index in [1.165, 1.54) is 0 Å². The second-order valence-corrected chi connectivity index (χ2v) is 10.8. The highest BCUT2D eigenvalue weighted by molar-refractivity contribution is 6.06. The molecule has 0 bridgehead atoms. The van der Waals surface area contributed by atoms with Crippen molar-refractivity contribution >= 4 is 28.8 Å². The first-order valence-electron chi connectivity index (χ1n) is 12.7. The Balaban J connectivity index is 1.34. The van der Waals surface area contributed by atoms with Gasteiger partial charge >= 0.3 is 5.97 Å². The number of hydrogen-bond donors (Lipinski definition) is 0. The number of amides is 1. The third-order valence-corrected chi connectivity index (χ3v) is 6.61. The highest BCUT2D eigenvalue weighted by Gasteiger charge is 2.32. The van der Waals surface area contributed by atoms with E-state index in [9.17, 15) is 9.59 Å². The number of hydrogen-bond acceptors (Lipinski definition) is 8. The minimum Gasteiger partial charge on any atom is -0.462 e. The second-order valence-electron chi connectivity index (χ2n) is 10.8. The van der Waals surface area contributed by atoms with Gasteiger partial charge in [0.25, 0.3) is 11.6 Å². The van der Waals surface area contributed by atoms with Crippen molar-refractivity contribution in [1.29, 1.82) is 0 Å². The predicted octanol–water partition coefficient (Wildman–Crippen LogP) is 4.22. The third kappa shape index (κ3) is 5.05. The van der Waals surface area contributed by atoms with Crippen molar-refractivity contribution in [3.63, 3.8) is 0 Å². The van der Waals surface area contributed by atoms with Gasteiger partial charge in [0.2, 0.25) is 0 Å². The lowest BCUT2D eigenvalue weighted by atomic mass is 9.89. The zero-order valence-electron chi connectivity index (χ0n) is 21.4. The van der Waals surface area contributed by atoms with E-state index in [1.807, 2.05) is 17.0 Å². The van der Waals surface area contributed by atoms with Gasteiger partial charge in [0, 0.05) is 44.0 Å². The maximum absolute atomic E-state index is 13.8. The van der Waals surface area contributed by atoms with Crippen LogP contribution in [0.4, 0.5) is 5.82 Å². The van der Waals surface area contributed by atoms with Gasteiger partial charge in [-0.2, -0.15) is 0 Å². The molecule has 2 aliphatic rings. The molecule has 3 aromatic rings. The van der Waals surface area contributed by atoms with Crippen LogP contribution in [0, 0.1) is 5.41 Å². The molecule has 1 saturated carbocycles. The summed E-state index contributed by atoms with van der Waals surface area (Å²) in [5.74, 6) is 0.801. The van der Waals surface area contributed by atoms with Gasteiger partial charge in [-0.15, -0.1) is 0 Å². The Morgan fingerprint density at radius 1 is 1.14 bits per heavy atom. The molecule has 2 fully saturated rings. The molecule has 9 nitrogen and oxygen atoms in total. The summed E-state index contributed by atoms with van der Waals surface area (Å²) in [6, 6.07) is 5.52. The van der Waals surface area contributed by atoms with Crippen molar-refractivity contribution in [3.05, 3.63) is 46.9 Å². The summed E-state index contributed by atoms with van der Waals surface area (Å²) in [5, 5.41) is 5.06. The summed E-state index contributed by atoms with van der Waals surface area (Å²) in [4.78, 5) is 38.9. The largest absolute Gasteiger partial charge is 0.462 e. The van der Waals surface area contributed by atoms with Crippen molar-refractivity contribution in [3.8, 4) is 0 Å². The van der Waals surface area contributed by atoms with E-state index >= 15 is 0 Å². The van der Waals surface area contributed by atoms with Crippen molar-refractivity contribution in [2.24, 2.45) is 5.41 Å². The van der Waals surface area contributed by atoms with Crippen LogP contribution in [0.2, 0.25) is 0 Å². The Labute approximate surface area is 210 Å². The van der Waals surface area contributed by atoms with Crippen molar-refractivity contribution in [1.82, 2.24) is 20.0 Å². The summed E-state index contributed by atoms with van der Waals surface area (Å²) in [6.07, 6.45) is 4.43. The Bertz CT molecular complexity index is 1270. The fourth-order valence-electron chi connectivity index (χ4n) is 4.63. The van der Waals surface area contributed by atoms with Gasteiger partial charge in [0.15, 0.2) is 0 Å². The average molecular weight is 492 g/mol. The molecule has 1 aliphatic heterocycles. The summed E-state index contributed by atoms with van der Waals surface area (Å²) in [5.41, 5.74) is 3.26. The van der Waals surface area contributed by atoms with Crippen LogP contribution in [0.1, 0.15) is 78.6 Å². The SMILES string of the molecule is CCOC(=O)c1ccc(N2CCN(C(=O)c3cc(C4CC4)nc4onc(CC(C)(C)C)c34)CC2)nc1. The van der Waals surface area contributed by atoms with Crippen LogP contribution in [0.25, 0.3) is 11.1 Å². The van der Waals surface area contributed by atoms with Crippen molar-refractivity contribution in [2.75, 3.05) is 37.7 Å². The van der Waals surface area contributed by atoms with Crippen LogP contribution in [-0.4, -0.2) is 64.7 Å². The van der Waals surface area contributed by atoms with Crippen LogP contribution >= 0.6 is 0 Å². The molecule has 1 saturated heterocycles. The summed E-state index contributed by atoms with van der Waals surface area (Å²) >= 11 is 0. The standard InChI is InChI=1S/C27H33N5O4/c1-5-35-26(34)18-8-9-22(28-16-18)31-10-12-32(13-11-31)25(33)19-14-20(17-6-7-17)29-24-23(19)21(30-36-24)15-27(2,3)4/h8-9,14,16-17H,5-7,10-13,15H2,1-4H3. The zero-order chi connectivity index (χ0) is 25.4. The number of rotatable bonds is 6. The molecule has 0 aromatic carbocycles. The van der Waals surface area contributed by atoms with E-state index in [2.05, 4.69) is 35.8 Å². The molecule has 9 heteroatoms. The molecule has 0 atom stereocenters. The molecule has 0 unspecified atom stereocenters. The lowest BCUT2D eigenvalue weighted by molar-refractivity contribution is 0.0525. The average Bonchev–Trinajstić information content (AvgIpc) is 3.64. The summed E-state index contributed by atoms with van der Waals surface area (Å²) < 4.78 is 10.7. The number of fused-ring (bicyclic) bond motifs is 1. The zero-order valence-corrected chi connectivity index (χ0v) is 21.4. The first kappa shape index (κ1) is 24.2. The highest BCUT2D eigenvalue weighted by Crippen LogP contribution is 2.41. The lowest BCUT2D eigenvalue weighted by Gasteiger charge is -2.35. The minimum atomic E-state index is -0.374. The Morgan fingerprint density at radius 3 is 2.50 bits per heavy atom. The van der Waals surface area contributed by atoms with Crippen LogP contribution in [0.3, 0.4) is 0 Å². The van der Waals surface area contributed by atoms with E-state index < -0.39 is 0 Å². The van der Waals surface area contributed by atoms with Gasteiger partial charge in [-0.05, 0) is 49.8 Å². The van der Waals surface area contributed by atoms with E-state index in [4.69, 9.17) is 14.2 Å². The molecular formula is C27H33N5O4. The molecule has 1 amide bonds. The molecule has 36 heavy (non-hydrogen) atoms. The topological polar surface area (TPSA) is 102 Å². The first-order valence-corrected chi connectivity index (χ1v) is 12.7. The molecule has 0 spiro atoms. The number of pyridine rings is 2. The van der Waals surface area contributed by atoms with Crippen LogP contribution in [-0.2, 0) is 11.2 Å². The van der Waals surface area contributed by atoms with E-state index in [0.29, 0.717) is 62.0 Å². The predicted molar refractivity (Wildman–Crippen MR) is 135 cm³/mol. The Kier molecular flexibility index (Phi) is 6.40. The van der Waals surface area contributed by atoms with Gasteiger partial charge in [-0.1, -0.05) is 25.9 Å². The fourth-order valence-corrected chi connectivity index (χ4v) is 4.63. The molecule has 0 N–H and O–H groups in total. The highest BCUT2D eigenvalue weighted by atomic mass is 16.5. The van der Waals surface area contributed by atoms with Gasteiger partial charge in [0.1, 0.15) is 5.82 Å². The fraction of sp³-hybridized carbons (Fsp3) is 0.519. The normalized spacial score (nSPS) is 16.4. The first-order chi connectivity index (χ1) is 17.2. The molecular weight excluding hydrogens is 458 g/mol. The molecule has 1 aliphatic carbocycles. The van der Waals surface area contributed by atoms with Gasteiger partial charge in [0.05, 0.1) is 28.8 Å². The monoisotopic (exact) mass is 491 g/mol. The number of aromatic nitrogens is 3. The quantitative estimate of drug-likeness (QED) is 0.472. The smallest absolute Gasteiger partial charge is 0.339 e. The maximum atomic E-state index is 13.8. The number of ether oxygens (including phenoxy) is 1. The van der Waals surface area contributed by atoms with E-state index in [0.717, 1.165) is 35.4 Å². The van der Waals surface area contributed by atoms with Crippen LogP contribution < -0.4 is 4.90 Å². The molecule has 3 aromatic heterocycles. The number of piperazine rings is 1. The molecule has 5 rings (SSSR count). The number of carbonyl (C=O) groups excluding carboxylic acids is 2. The van der Waals surface area contributed by atoms with Crippen LogP contribution in [0.15, 0.2) is 28.9 Å². The number of anilines is 1. The van der Waals surface area contributed by atoms with E-state index in [-0.39, 0.29) is 17.3 Å². The maximum Gasteiger partial charge on any atom is 0.339 e. The third-order valence-electron chi connectivity index (χ3n) is 6.61. The molecule has 0 radical (unpaired) electrons. The van der Waals surface area contributed by atoms with Gasteiger partial charge < -0.3 is 19.1 Å². The minimum absolute atomic E-state index is 0.000731. The summed E-state index contributed by atoms with van der Waals surface area (Å²) in [6.45, 7) is 11.0. The van der Waals surface area contributed by atoms with Gasteiger partial charge in [-0.25, -0.2) is 14.8 Å².